The minimum absolute atomic E-state index is 0.223. The van der Waals surface area contributed by atoms with E-state index in [0.29, 0.717) is 18.8 Å². The number of benzene rings is 1. The first-order chi connectivity index (χ1) is 8.69. The molecule has 1 heterocycles. The molecule has 0 aliphatic carbocycles. The molecule has 1 aromatic rings. The van der Waals surface area contributed by atoms with Crippen molar-refractivity contribution in [3.05, 3.63) is 29.8 Å². The Labute approximate surface area is 109 Å². The Morgan fingerprint density at radius 1 is 1.28 bits per heavy atom. The van der Waals surface area contributed by atoms with Crippen LogP contribution in [0.25, 0.3) is 0 Å². The van der Waals surface area contributed by atoms with Gasteiger partial charge in [0.05, 0.1) is 5.25 Å². The normalized spacial score (nSPS) is 18.8. The second-order valence-corrected chi connectivity index (χ2v) is 5.01. The first-order valence-corrected chi connectivity index (χ1v) is 6.45. The number of carbonyl (C=O) groups excluding carboxylic acids is 2. The van der Waals surface area contributed by atoms with Crippen LogP contribution in [0.5, 0.6) is 5.75 Å². The van der Waals surface area contributed by atoms with Crippen molar-refractivity contribution in [2.45, 2.75) is 11.7 Å². The van der Waals surface area contributed by atoms with E-state index in [9.17, 15) is 9.59 Å². The highest BCUT2D eigenvalue weighted by atomic mass is 32.2. The molecule has 6 heteroatoms. The average molecular weight is 265 g/mol. The molecule has 1 aliphatic heterocycles. The smallest absolute Gasteiger partial charge is 0.286 e. The molecule has 1 aromatic carbocycles. The monoisotopic (exact) mass is 265 g/mol. The molecule has 0 aromatic heterocycles. The quantitative estimate of drug-likeness (QED) is 0.868. The van der Waals surface area contributed by atoms with Crippen molar-refractivity contribution in [3.63, 3.8) is 0 Å². The van der Waals surface area contributed by atoms with E-state index in [0.717, 1.165) is 17.3 Å². The molecular weight excluding hydrogens is 252 g/mol. The van der Waals surface area contributed by atoms with Crippen molar-refractivity contribution < 1.29 is 14.3 Å². The van der Waals surface area contributed by atoms with Gasteiger partial charge in [0.2, 0.25) is 5.91 Å². The molecule has 95 valence electrons. The molecule has 0 saturated carbocycles. The molecule has 0 bridgehead atoms. The fraction of sp³-hybridized carbons (Fsp3) is 0.333. The van der Waals surface area contributed by atoms with Gasteiger partial charge >= 0.3 is 0 Å². The number of carbonyl (C=O) groups is 2. The summed E-state index contributed by atoms with van der Waals surface area (Å²) in [6.45, 7) is 0.595. The fourth-order valence-corrected chi connectivity index (χ4v) is 2.49. The van der Waals surface area contributed by atoms with Gasteiger partial charge in [-0.05, 0) is 24.1 Å². The molecule has 1 radical (unpaired) electrons. The third-order valence-electron chi connectivity index (χ3n) is 2.48. The summed E-state index contributed by atoms with van der Waals surface area (Å²) in [5.41, 5.74) is 7.96. The number of imide groups is 1. The van der Waals surface area contributed by atoms with Crippen molar-refractivity contribution in [2.75, 3.05) is 13.2 Å². The number of hydrogen-bond donors (Lipinski definition) is 1. The number of thioether (sulfide) groups is 1. The minimum Gasteiger partial charge on any atom is -0.492 e. The van der Waals surface area contributed by atoms with Gasteiger partial charge in [0.1, 0.15) is 12.4 Å². The fourth-order valence-electron chi connectivity index (χ4n) is 1.63. The third kappa shape index (κ3) is 3.24. The van der Waals surface area contributed by atoms with Gasteiger partial charge in [0, 0.05) is 6.54 Å². The zero-order valence-corrected chi connectivity index (χ0v) is 10.5. The van der Waals surface area contributed by atoms with Gasteiger partial charge in [-0.2, -0.15) is 0 Å². The van der Waals surface area contributed by atoms with E-state index in [1.807, 2.05) is 24.3 Å². The second kappa shape index (κ2) is 5.88. The van der Waals surface area contributed by atoms with Gasteiger partial charge in [-0.3, -0.25) is 20.6 Å². The summed E-state index contributed by atoms with van der Waals surface area (Å²) < 4.78 is 5.29. The van der Waals surface area contributed by atoms with Crippen LogP contribution in [0.1, 0.15) is 5.56 Å². The molecule has 1 fully saturated rings. The Kier molecular flexibility index (Phi) is 4.22. The van der Waals surface area contributed by atoms with Crippen LogP contribution in [0.4, 0.5) is 4.79 Å². The van der Waals surface area contributed by atoms with E-state index >= 15 is 0 Å². The lowest BCUT2D eigenvalue weighted by Crippen LogP contribution is -2.25. The van der Waals surface area contributed by atoms with E-state index in [1.54, 1.807) is 0 Å². The second-order valence-electron chi connectivity index (χ2n) is 3.83. The highest BCUT2D eigenvalue weighted by Crippen LogP contribution is 2.23. The van der Waals surface area contributed by atoms with E-state index in [1.165, 1.54) is 0 Å². The highest BCUT2D eigenvalue weighted by molar-refractivity contribution is 8.15. The predicted octanol–water partition coefficient (Wildman–Crippen LogP) is 1.24. The summed E-state index contributed by atoms with van der Waals surface area (Å²) in [6, 6.07) is 7.36. The Balaban J connectivity index is 1.94. The van der Waals surface area contributed by atoms with Crippen LogP contribution >= 0.6 is 11.8 Å². The van der Waals surface area contributed by atoms with Crippen molar-refractivity contribution in [3.8, 4) is 5.75 Å². The van der Waals surface area contributed by atoms with E-state index in [4.69, 9.17) is 10.5 Å². The zero-order chi connectivity index (χ0) is 13.0. The van der Waals surface area contributed by atoms with Crippen molar-refractivity contribution in [1.82, 2.24) is 11.1 Å². The van der Waals surface area contributed by atoms with Gasteiger partial charge in [-0.1, -0.05) is 23.9 Å². The largest absolute Gasteiger partial charge is 0.492 e. The van der Waals surface area contributed by atoms with Crippen LogP contribution in [0.3, 0.4) is 0 Å². The van der Waals surface area contributed by atoms with E-state index < -0.39 is 0 Å². The Morgan fingerprint density at radius 2 is 2.00 bits per heavy atom. The molecule has 1 unspecified atom stereocenters. The summed E-state index contributed by atoms with van der Waals surface area (Å²) in [4.78, 5) is 22.4. The summed E-state index contributed by atoms with van der Waals surface area (Å²) in [5.74, 6) is 0.491. The van der Waals surface area contributed by atoms with E-state index in [-0.39, 0.29) is 22.9 Å². The van der Waals surface area contributed by atoms with Gasteiger partial charge in [0.15, 0.2) is 0 Å². The molecule has 5 nitrogen and oxygen atoms in total. The number of rotatable bonds is 5. The molecule has 2 N–H and O–H groups in total. The first kappa shape index (κ1) is 12.9. The predicted molar refractivity (Wildman–Crippen MR) is 68.5 cm³/mol. The van der Waals surface area contributed by atoms with Crippen LogP contribution in [0.2, 0.25) is 0 Å². The summed E-state index contributed by atoms with van der Waals surface area (Å²) in [7, 11) is 0. The van der Waals surface area contributed by atoms with Crippen molar-refractivity contribution in [1.29, 1.82) is 0 Å². The maximum absolute atomic E-state index is 11.4. The number of hydrogen-bond acceptors (Lipinski definition) is 4. The topological polar surface area (TPSA) is 79.2 Å². The van der Waals surface area contributed by atoms with E-state index in [2.05, 4.69) is 5.32 Å². The van der Waals surface area contributed by atoms with Gasteiger partial charge in [0.25, 0.3) is 5.24 Å². The summed E-state index contributed by atoms with van der Waals surface area (Å²) in [5, 5.41) is 1.65. The summed E-state index contributed by atoms with van der Waals surface area (Å²) >= 11 is 1.03. The Morgan fingerprint density at radius 3 is 2.56 bits per heavy atom. The molecule has 2 rings (SSSR count). The molecule has 2 amide bonds. The standard InChI is InChI=1S/C12H13N2O3S/c13-5-6-17-9-3-1-8(2-4-9)7-10-11(15)14-12(16)18-10/h1-4,10,13H,5-7H2,(H,14,15,16). The lowest BCUT2D eigenvalue weighted by molar-refractivity contribution is -0.118. The maximum atomic E-state index is 11.4. The van der Waals surface area contributed by atoms with Crippen LogP contribution in [-0.4, -0.2) is 29.5 Å². The average Bonchev–Trinajstić information content (AvgIpc) is 2.67. The van der Waals surface area contributed by atoms with Crippen molar-refractivity contribution >= 4 is 22.9 Å². The van der Waals surface area contributed by atoms with Gasteiger partial charge in [-0.25, -0.2) is 0 Å². The minimum atomic E-state index is -0.336. The third-order valence-corrected chi connectivity index (χ3v) is 3.46. The lowest BCUT2D eigenvalue weighted by atomic mass is 10.1. The molecule has 1 aliphatic rings. The zero-order valence-electron chi connectivity index (χ0n) is 9.64. The van der Waals surface area contributed by atoms with Gasteiger partial charge < -0.3 is 4.74 Å². The number of amides is 2. The van der Waals surface area contributed by atoms with Crippen LogP contribution in [0, 0.1) is 0 Å². The number of nitrogens with one attached hydrogen (secondary N) is 2. The maximum Gasteiger partial charge on any atom is 0.286 e. The Bertz CT molecular complexity index is 447. The van der Waals surface area contributed by atoms with Crippen LogP contribution < -0.4 is 15.8 Å². The first-order valence-electron chi connectivity index (χ1n) is 5.57. The van der Waals surface area contributed by atoms with Crippen LogP contribution in [-0.2, 0) is 11.2 Å². The summed E-state index contributed by atoms with van der Waals surface area (Å²) in [6.07, 6.45) is 0.529. The van der Waals surface area contributed by atoms with Crippen molar-refractivity contribution in [2.24, 2.45) is 0 Å². The molecule has 1 atom stereocenters. The molecule has 0 spiro atoms. The molecular formula is C12H13N2O3S. The molecule has 1 saturated heterocycles. The van der Waals surface area contributed by atoms with Crippen LogP contribution in [0.15, 0.2) is 24.3 Å². The number of ether oxygens (including phenoxy) is 1. The Hall–Kier alpha value is -1.53. The SMILES string of the molecule is [NH]CCOc1ccc(CC2SC(=O)NC2=O)cc1. The highest BCUT2D eigenvalue weighted by Gasteiger charge is 2.31. The molecule has 18 heavy (non-hydrogen) atoms. The van der Waals surface area contributed by atoms with Gasteiger partial charge in [-0.15, -0.1) is 0 Å². The lowest BCUT2D eigenvalue weighted by Gasteiger charge is -2.07.